The Balaban J connectivity index is 2.20. The van der Waals surface area contributed by atoms with E-state index in [2.05, 4.69) is 5.32 Å². The highest BCUT2D eigenvalue weighted by atomic mass is 19.2. The zero-order valence-corrected chi connectivity index (χ0v) is 17.1. The fourth-order valence-corrected chi connectivity index (χ4v) is 4.00. The number of amides is 1. The molecule has 4 N–H and O–H groups in total. The molecule has 0 spiro atoms. The Hall–Kier alpha value is -2.58. The van der Waals surface area contributed by atoms with Crippen molar-refractivity contribution in [1.82, 2.24) is 9.88 Å². The van der Waals surface area contributed by atoms with Crippen LogP contribution in [0.15, 0.2) is 30.5 Å². The van der Waals surface area contributed by atoms with Gasteiger partial charge in [0.15, 0.2) is 6.17 Å². The number of aliphatic hydroxyl groups excluding tert-OH is 3. The maximum atomic E-state index is 15.5. The number of benzene rings is 1. The van der Waals surface area contributed by atoms with Gasteiger partial charge in [-0.15, -0.1) is 0 Å². The van der Waals surface area contributed by atoms with Gasteiger partial charge >= 0.3 is 0 Å². The Morgan fingerprint density at radius 3 is 2.71 bits per heavy atom. The van der Waals surface area contributed by atoms with Crippen LogP contribution in [-0.4, -0.2) is 68.8 Å². The third kappa shape index (κ3) is 4.14. The van der Waals surface area contributed by atoms with Crippen molar-refractivity contribution in [3.8, 4) is 6.07 Å². The molecule has 1 aliphatic heterocycles. The largest absolute Gasteiger partial charge is 0.394 e. The summed E-state index contributed by atoms with van der Waals surface area (Å²) in [6.07, 6.45) is -6.02. The minimum absolute atomic E-state index is 0.0111. The highest BCUT2D eigenvalue weighted by Gasteiger charge is 2.57. The van der Waals surface area contributed by atoms with Crippen molar-refractivity contribution in [2.45, 2.75) is 62.7 Å². The zero-order chi connectivity index (χ0) is 22.9. The molecule has 1 aromatic heterocycles. The first-order valence-corrected chi connectivity index (χ1v) is 9.93. The van der Waals surface area contributed by atoms with Crippen LogP contribution < -0.4 is 5.32 Å². The fraction of sp³-hybridized carbons (Fsp3) is 0.524. The van der Waals surface area contributed by atoms with Gasteiger partial charge in [-0.25, -0.2) is 8.78 Å². The van der Waals surface area contributed by atoms with Crippen LogP contribution in [0.2, 0.25) is 0 Å². The van der Waals surface area contributed by atoms with Gasteiger partial charge in [0.05, 0.1) is 18.7 Å². The standard InChI is InChI=1S/C21H25F2N3O5/c1-3-15(29)25-16-17(26-9-11-6-4-5-7-12(11)13(26)8-24)20(22)21(2,23)31-19(16)18(30)14(28)10-27/h4-7,9,14,16-20,27-28,30H,3,10H2,1-2H3,(H,25,29)/t14-,16-,17-,18-,19-,20?,21?/m1/s1. The molecule has 10 heteroatoms. The summed E-state index contributed by atoms with van der Waals surface area (Å²) in [5.41, 5.74) is 0.0487. The Labute approximate surface area is 177 Å². The number of carbonyl (C=O) groups excluding carboxylic acids is 1. The molecule has 0 aliphatic carbocycles. The van der Waals surface area contributed by atoms with Crippen LogP contribution in [0.1, 0.15) is 32.0 Å². The molecule has 7 atom stereocenters. The van der Waals surface area contributed by atoms with Crippen molar-refractivity contribution in [2.75, 3.05) is 6.61 Å². The van der Waals surface area contributed by atoms with E-state index >= 15 is 8.78 Å². The van der Waals surface area contributed by atoms with Crippen molar-refractivity contribution in [3.05, 3.63) is 36.2 Å². The number of alkyl halides is 2. The first-order valence-electron chi connectivity index (χ1n) is 9.93. The molecule has 1 aliphatic rings. The van der Waals surface area contributed by atoms with E-state index in [1.807, 2.05) is 6.07 Å². The number of nitrogens with one attached hydrogen (secondary N) is 1. The SMILES string of the molecule is CCC(=O)N[C@H]1[C@H]([C@H](O)[C@H](O)CO)OC(C)(F)C(F)[C@@H]1n1cc2ccccc2c1C#N. The van der Waals surface area contributed by atoms with E-state index in [0.29, 0.717) is 10.8 Å². The Bertz CT molecular complexity index is 989. The van der Waals surface area contributed by atoms with Crippen LogP contribution in [0.5, 0.6) is 0 Å². The van der Waals surface area contributed by atoms with Crippen molar-refractivity contribution in [3.63, 3.8) is 0 Å². The number of fused-ring (bicyclic) bond motifs is 1. The lowest BCUT2D eigenvalue weighted by Gasteiger charge is -2.48. The minimum Gasteiger partial charge on any atom is -0.394 e. The van der Waals surface area contributed by atoms with E-state index in [4.69, 9.17) is 4.74 Å². The quantitative estimate of drug-likeness (QED) is 0.536. The van der Waals surface area contributed by atoms with Gasteiger partial charge in [0.1, 0.15) is 30.1 Å². The summed E-state index contributed by atoms with van der Waals surface area (Å²) in [5, 5.41) is 43.0. The summed E-state index contributed by atoms with van der Waals surface area (Å²) in [5.74, 6) is -3.44. The van der Waals surface area contributed by atoms with Crippen molar-refractivity contribution < 1.29 is 33.6 Å². The Morgan fingerprint density at radius 1 is 1.42 bits per heavy atom. The smallest absolute Gasteiger partial charge is 0.240 e. The molecular formula is C21H25F2N3O5. The first kappa shape index (κ1) is 23.1. The van der Waals surface area contributed by atoms with Gasteiger partial charge in [-0.3, -0.25) is 4.79 Å². The second kappa shape index (κ2) is 8.88. The average molecular weight is 437 g/mol. The van der Waals surface area contributed by atoms with Crippen molar-refractivity contribution in [1.29, 1.82) is 5.26 Å². The first-order chi connectivity index (χ1) is 14.7. The molecule has 1 saturated heterocycles. The molecule has 1 aromatic carbocycles. The summed E-state index contributed by atoms with van der Waals surface area (Å²) >= 11 is 0. The average Bonchev–Trinajstić information content (AvgIpc) is 3.13. The number of aromatic nitrogens is 1. The predicted molar refractivity (Wildman–Crippen MR) is 106 cm³/mol. The highest BCUT2D eigenvalue weighted by molar-refractivity contribution is 5.87. The van der Waals surface area contributed by atoms with Crippen LogP contribution in [0.4, 0.5) is 8.78 Å². The maximum Gasteiger partial charge on any atom is 0.240 e. The van der Waals surface area contributed by atoms with Gasteiger partial charge in [-0.05, 0) is 6.92 Å². The highest BCUT2D eigenvalue weighted by Crippen LogP contribution is 2.42. The summed E-state index contributed by atoms with van der Waals surface area (Å²) in [4.78, 5) is 12.2. The summed E-state index contributed by atoms with van der Waals surface area (Å²) in [6, 6.07) is 5.96. The van der Waals surface area contributed by atoms with Crippen LogP contribution in [-0.2, 0) is 9.53 Å². The second-order valence-electron chi connectivity index (χ2n) is 7.73. The number of nitriles is 1. The lowest BCUT2D eigenvalue weighted by molar-refractivity contribution is -0.278. The number of rotatable bonds is 6. The molecule has 2 unspecified atom stereocenters. The van der Waals surface area contributed by atoms with Crippen LogP contribution in [0.3, 0.4) is 0 Å². The van der Waals surface area contributed by atoms with Gasteiger partial charge in [-0.1, -0.05) is 31.2 Å². The van der Waals surface area contributed by atoms with Crippen molar-refractivity contribution >= 4 is 16.7 Å². The van der Waals surface area contributed by atoms with E-state index in [1.54, 1.807) is 31.2 Å². The van der Waals surface area contributed by atoms with Crippen molar-refractivity contribution in [2.24, 2.45) is 0 Å². The van der Waals surface area contributed by atoms with E-state index in [0.717, 1.165) is 6.92 Å². The number of ether oxygens (including phenoxy) is 1. The minimum atomic E-state index is -2.91. The maximum absolute atomic E-state index is 15.5. The summed E-state index contributed by atoms with van der Waals surface area (Å²) < 4.78 is 37.1. The number of halogens is 2. The molecule has 3 rings (SSSR count). The molecule has 1 fully saturated rings. The summed E-state index contributed by atoms with van der Waals surface area (Å²) in [6.45, 7) is 1.53. The van der Waals surface area contributed by atoms with Crippen LogP contribution in [0.25, 0.3) is 10.8 Å². The number of hydrogen-bond acceptors (Lipinski definition) is 6. The topological polar surface area (TPSA) is 128 Å². The van der Waals surface area contributed by atoms with E-state index in [-0.39, 0.29) is 12.1 Å². The van der Waals surface area contributed by atoms with Gasteiger partial charge in [-0.2, -0.15) is 5.26 Å². The predicted octanol–water partition coefficient (Wildman–Crippen LogP) is 1.09. The Morgan fingerprint density at radius 2 is 2.10 bits per heavy atom. The number of hydrogen-bond donors (Lipinski definition) is 4. The number of aliphatic hydroxyl groups is 3. The molecule has 0 saturated carbocycles. The Kier molecular flexibility index (Phi) is 6.62. The molecule has 8 nitrogen and oxygen atoms in total. The summed E-state index contributed by atoms with van der Waals surface area (Å²) in [7, 11) is 0. The van der Waals surface area contributed by atoms with Gasteiger partial charge in [0.2, 0.25) is 11.8 Å². The molecular weight excluding hydrogens is 412 g/mol. The molecule has 31 heavy (non-hydrogen) atoms. The second-order valence-corrected chi connectivity index (χ2v) is 7.73. The molecule has 0 radical (unpaired) electrons. The number of carbonyl (C=O) groups is 1. The van der Waals surface area contributed by atoms with Crippen LogP contribution in [0, 0.1) is 11.3 Å². The third-order valence-electron chi connectivity index (χ3n) is 5.63. The van der Waals surface area contributed by atoms with E-state index in [9.17, 15) is 25.4 Å². The molecule has 1 amide bonds. The molecule has 168 valence electrons. The van der Waals surface area contributed by atoms with E-state index < -0.39 is 54.9 Å². The van der Waals surface area contributed by atoms with Gasteiger partial charge in [0, 0.05) is 23.4 Å². The fourth-order valence-electron chi connectivity index (χ4n) is 4.00. The van der Waals surface area contributed by atoms with Crippen LogP contribution >= 0.6 is 0 Å². The van der Waals surface area contributed by atoms with Gasteiger partial charge < -0.3 is 29.9 Å². The molecule has 0 bridgehead atoms. The van der Waals surface area contributed by atoms with E-state index in [1.165, 1.54) is 10.8 Å². The lowest BCUT2D eigenvalue weighted by Crippen LogP contribution is -2.66. The molecule has 2 heterocycles. The normalized spacial score (nSPS) is 30.5. The number of nitrogens with zero attached hydrogens (tertiary/aromatic N) is 2. The zero-order valence-electron chi connectivity index (χ0n) is 17.1. The molecule has 2 aromatic rings. The van der Waals surface area contributed by atoms with Gasteiger partial charge in [0.25, 0.3) is 0 Å². The monoisotopic (exact) mass is 437 g/mol. The lowest BCUT2D eigenvalue weighted by atomic mass is 9.86. The third-order valence-corrected chi connectivity index (χ3v) is 5.63.